The van der Waals surface area contributed by atoms with E-state index in [1.807, 2.05) is 65.0 Å². The molecule has 0 fully saturated rings. The predicted molar refractivity (Wildman–Crippen MR) is 140 cm³/mol. The summed E-state index contributed by atoms with van der Waals surface area (Å²) in [5.74, 6) is -1.40. The maximum Gasteiger partial charge on any atom is 0.339 e. The van der Waals surface area contributed by atoms with Crippen LogP contribution in [0.4, 0.5) is 11.5 Å². The van der Waals surface area contributed by atoms with Crippen molar-refractivity contribution in [1.82, 2.24) is 9.55 Å². The largest absolute Gasteiger partial charge is 0.452 e. The number of hydrogen-bond donors (Lipinski definition) is 2. The monoisotopic (exact) mass is 492 g/mol. The average molecular weight is 493 g/mol. The normalized spacial score (nSPS) is 10.8. The minimum Gasteiger partial charge on any atom is -0.452 e. The van der Waals surface area contributed by atoms with E-state index >= 15 is 0 Å². The molecule has 36 heavy (non-hydrogen) atoms. The minimum absolute atomic E-state index is 0.0774. The zero-order valence-corrected chi connectivity index (χ0v) is 21.5. The van der Waals surface area contributed by atoms with Crippen LogP contribution in [0.1, 0.15) is 50.7 Å². The highest BCUT2D eigenvalue weighted by molar-refractivity contribution is 5.99. The first-order valence-electron chi connectivity index (χ1n) is 11.7. The molecule has 0 aliphatic heterocycles. The Balaban J connectivity index is 1.89. The van der Waals surface area contributed by atoms with Gasteiger partial charge in [-0.3, -0.25) is 19.1 Å². The summed E-state index contributed by atoms with van der Waals surface area (Å²) in [5, 5.41) is 0. The van der Waals surface area contributed by atoms with E-state index < -0.39 is 29.7 Å². The van der Waals surface area contributed by atoms with Crippen molar-refractivity contribution in [3.63, 3.8) is 0 Å². The molecule has 1 aromatic heterocycles. The van der Waals surface area contributed by atoms with Crippen molar-refractivity contribution in [2.75, 3.05) is 23.8 Å². The lowest BCUT2D eigenvalue weighted by atomic mass is 9.90. The third-order valence-corrected chi connectivity index (χ3v) is 6.82. The number of nitrogens with zero attached hydrogens (tertiary/aromatic N) is 2. The molecule has 0 saturated heterocycles. The van der Waals surface area contributed by atoms with Crippen LogP contribution in [0.15, 0.2) is 39.9 Å². The fourth-order valence-corrected chi connectivity index (χ4v) is 4.30. The summed E-state index contributed by atoms with van der Waals surface area (Å²) in [6.07, 6.45) is 0. The van der Waals surface area contributed by atoms with E-state index in [0.717, 1.165) is 38.3 Å². The topological polar surface area (TPSA) is 127 Å². The molecule has 3 rings (SSSR count). The van der Waals surface area contributed by atoms with Crippen LogP contribution >= 0.6 is 0 Å². The highest BCUT2D eigenvalue weighted by Crippen LogP contribution is 2.27. The van der Waals surface area contributed by atoms with Gasteiger partial charge in [-0.25, -0.2) is 9.59 Å². The van der Waals surface area contributed by atoms with Crippen molar-refractivity contribution in [3.05, 3.63) is 90.1 Å². The SMILES string of the molecule is CCN(C(=O)COC(=O)c1c(C)c(C)c(C)c(C)c1C)c1c(N)n(Cc2ccccc2)c(=O)[nH]c1=O. The van der Waals surface area contributed by atoms with Gasteiger partial charge in [0.25, 0.3) is 11.5 Å². The molecule has 2 aromatic carbocycles. The number of anilines is 2. The molecule has 1 amide bonds. The summed E-state index contributed by atoms with van der Waals surface area (Å²) < 4.78 is 6.58. The van der Waals surface area contributed by atoms with E-state index in [4.69, 9.17) is 10.5 Å². The molecule has 1 heterocycles. The number of benzene rings is 2. The maximum absolute atomic E-state index is 13.1. The van der Waals surface area contributed by atoms with Crippen molar-refractivity contribution in [1.29, 1.82) is 0 Å². The van der Waals surface area contributed by atoms with Gasteiger partial charge in [0.15, 0.2) is 12.3 Å². The second-order valence-corrected chi connectivity index (χ2v) is 8.78. The van der Waals surface area contributed by atoms with Crippen LogP contribution in [0, 0.1) is 34.6 Å². The zero-order valence-electron chi connectivity index (χ0n) is 21.5. The van der Waals surface area contributed by atoms with Crippen molar-refractivity contribution < 1.29 is 14.3 Å². The van der Waals surface area contributed by atoms with Crippen LogP contribution in [0.5, 0.6) is 0 Å². The van der Waals surface area contributed by atoms with Gasteiger partial charge in [-0.1, -0.05) is 30.3 Å². The van der Waals surface area contributed by atoms with Crippen LogP contribution in [-0.4, -0.2) is 34.6 Å². The van der Waals surface area contributed by atoms with Gasteiger partial charge < -0.3 is 15.4 Å². The lowest BCUT2D eigenvalue weighted by Gasteiger charge is -2.23. The molecule has 3 aromatic rings. The Kier molecular flexibility index (Phi) is 7.82. The van der Waals surface area contributed by atoms with Crippen LogP contribution in [0.3, 0.4) is 0 Å². The third-order valence-electron chi connectivity index (χ3n) is 6.82. The molecule has 190 valence electrons. The van der Waals surface area contributed by atoms with Crippen molar-refractivity contribution in [2.24, 2.45) is 0 Å². The molecule has 3 N–H and O–H groups in total. The molecular weight excluding hydrogens is 460 g/mol. The summed E-state index contributed by atoms with van der Waals surface area (Å²) in [6.45, 7) is 10.8. The number of hydrogen-bond acceptors (Lipinski definition) is 6. The second kappa shape index (κ2) is 10.6. The van der Waals surface area contributed by atoms with E-state index in [9.17, 15) is 19.2 Å². The molecule has 0 spiro atoms. The Bertz CT molecular complexity index is 1410. The number of aromatic amines is 1. The Hall–Kier alpha value is -4.14. The summed E-state index contributed by atoms with van der Waals surface area (Å²) in [7, 11) is 0. The second-order valence-electron chi connectivity index (χ2n) is 8.78. The molecule has 0 bridgehead atoms. The van der Waals surface area contributed by atoms with Gasteiger partial charge in [0.1, 0.15) is 5.82 Å². The van der Waals surface area contributed by atoms with Gasteiger partial charge in [-0.15, -0.1) is 0 Å². The van der Waals surface area contributed by atoms with Crippen molar-refractivity contribution in [3.8, 4) is 0 Å². The average Bonchev–Trinajstić information content (AvgIpc) is 2.85. The van der Waals surface area contributed by atoms with E-state index in [2.05, 4.69) is 4.98 Å². The van der Waals surface area contributed by atoms with E-state index in [1.54, 1.807) is 6.92 Å². The Labute approximate surface area is 209 Å². The number of ether oxygens (including phenoxy) is 1. The van der Waals surface area contributed by atoms with Gasteiger partial charge in [-0.2, -0.15) is 0 Å². The lowest BCUT2D eigenvalue weighted by molar-refractivity contribution is -0.121. The maximum atomic E-state index is 13.1. The van der Waals surface area contributed by atoms with Crippen molar-refractivity contribution >= 4 is 23.4 Å². The van der Waals surface area contributed by atoms with Gasteiger partial charge in [0.2, 0.25) is 0 Å². The van der Waals surface area contributed by atoms with Crippen LogP contribution in [-0.2, 0) is 16.1 Å². The number of nitrogens with one attached hydrogen (secondary N) is 1. The number of carbonyl (C=O) groups is 2. The Morgan fingerprint density at radius 2 is 1.50 bits per heavy atom. The molecule has 0 radical (unpaired) electrons. The first-order chi connectivity index (χ1) is 17.0. The number of likely N-dealkylation sites (N-methyl/N-ethyl adjacent to an activating group) is 1. The lowest BCUT2D eigenvalue weighted by Crippen LogP contribution is -2.42. The van der Waals surface area contributed by atoms with Crippen molar-refractivity contribution in [2.45, 2.75) is 48.1 Å². The molecular formula is C27H32N4O5. The van der Waals surface area contributed by atoms with E-state index in [0.29, 0.717) is 5.56 Å². The molecule has 0 saturated carbocycles. The predicted octanol–water partition coefficient (Wildman–Crippen LogP) is 2.92. The number of amides is 1. The summed E-state index contributed by atoms with van der Waals surface area (Å²) in [6, 6.07) is 9.11. The van der Waals surface area contributed by atoms with Crippen LogP contribution in [0.2, 0.25) is 0 Å². The molecule has 0 aliphatic rings. The Morgan fingerprint density at radius 3 is 2.06 bits per heavy atom. The molecule has 0 unspecified atom stereocenters. The highest BCUT2D eigenvalue weighted by atomic mass is 16.5. The fraction of sp³-hybridized carbons (Fsp3) is 0.333. The van der Waals surface area contributed by atoms with Gasteiger partial charge in [0, 0.05) is 6.54 Å². The number of carbonyl (C=O) groups excluding carboxylic acids is 2. The Morgan fingerprint density at radius 1 is 0.944 bits per heavy atom. The summed E-state index contributed by atoms with van der Waals surface area (Å²) in [4.78, 5) is 54.5. The molecule has 0 aliphatic carbocycles. The number of aromatic nitrogens is 2. The minimum atomic E-state index is -0.792. The number of rotatable bonds is 7. The summed E-state index contributed by atoms with van der Waals surface area (Å²) >= 11 is 0. The fourth-order valence-electron chi connectivity index (χ4n) is 4.30. The zero-order chi connectivity index (χ0) is 26.7. The molecule has 0 atom stereocenters. The molecule has 9 heteroatoms. The first kappa shape index (κ1) is 26.5. The summed E-state index contributed by atoms with van der Waals surface area (Å²) in [5.41, 5.74) is 10.5. The quantitative estimate of drug-likeness (QED) is 0.488. The third kappa shape index (κ3) is 4.95. The smallest absolute Gasteiger partial charge is 0.339 e. The van der Waals surface area contributed by atoms with Gasteiger partial charge >= 0.3 is 11.7 Å². The van der Waals surface area contributed by atoms with Gasteiger partial charge in [-0.05, 0) is 74.9 Å². The highest BCUT2D eigenvalue weighted by Gasteiger charge is 2.25. The number of H-pyrrole nitrogens is 1. The number of nitrogens with two attached hydrogens (primary N) is 1. The number of esters is 1. The van der Waals surface area contributed by atoms with Crippen LogP contribution in [0.25, 0.3) is 0 Å². The standard InChI is InChI=1S/C27H32N4O5/c1-7-30(21(32)14-36-26(34)22-18(5)16(3)15(2)17(4)19(22)6)23-24(28)31(27(35)29-25(23)33)13-20-11-9-8-10-12-20/h8-12H,7,13-14,28H2,1-6H3,(H,29,33,35). The van der Waals surface area contributed by atoms with Gasteiger partial charge in [0.05, 0.1) is 12.1 Å². The van der Waals surface area contributed by atoms with Crippen LogP contribution < -0.4 is 21.9 Å². The van der Waals surface area contributed by atoms with E-state index in [1.165, 1.54) is 4.57 Å². The molecule has 9 nitrogen and oxygen atoms in total. The van der Waals surface area contributed by atoms with E-state index in [-0.39, 0.29) is 24.6 Å². The first-order valence-corrected chi connectivity index (χ1v) is 11.7. The number of nitrogen functional groups attached to an aromatic ring is 1.